The van der Waals surface area contributed by atoms with E-state index < -0.39 is 5.97 Å². The first-order valence-corrected chi connectivity index (χ1v) is 7.44. The van der Waals surface area contributed by atoms with Crippen LogP contribution in [-0.2, 0) is 0 Å². The molecule has 21 heavy (non-hydrogen) atoms. The summed E-state index contributed by atoms with van der Waals surface area (Å²) in [6, 6.07) is 14.5. The number of benzene rings is 2. The minimum absolute atomic E-state index is 0.100. The van der Waals surface area contributed by atoms with E-state index in [4.69, 9.17) is 17.3 Å². The molecule has 0 fully saturated rings. The lowest BCUT2D eigenvalue weighted by atomic mass is 10.2. The Morgan fingerprint density at radius 3 is 2.57 bits per heavy atom. The van der Waals surface area contributed by atoms with Crippen molar-refractivity contribution in [2.75, 3.05) is 5.88 Å². The van der Waals surface area contributed by atoms with Crippen LogP contribution in [0, 0.1) is 0 Å². The third-order valence-corrected chi connectivity index (χ3v) is 3.93. The van der Waals surface area contributed by atoms with E-state index in [9.17, 15) is 9.90 Å². The minimum Gasteiger partial charge on any atom is -0.478 e. The highest BCUT2D eigenvalue weighted by Gasteiger charge is 2.12. The van der Waals surface area contributed by atoms with Gasteiger partial charge in [0.1, 0.15) is 5.84 Å². The van der Waals surface area contributed by atoms with Crippen LogP contribution in [0.1, 0.15) is 10.4 Å². The summed E-state index contributed by atoms with van der Waals surface area (Å²) in [5, 5.41) is 9.34. The van der Waals surface area contributed by atoms with E-state index in [1.54, 1.807) is 12.1 Å². The van der Waals surface area contributed by atoms with Crippen molar-refractivity contribution in [1.82, 2.24) is 0 Å². The fourth-order valence-electron chi connectivity index (χ4n) is 1.65. The van der Waals surface area contributed by atoms with Gasteiger partial charge in [-0.2, -0.15) is 0 Å². The Labute approximate surface area is 131 Å². The van der Waals surface area contributed by atoms with Gasteiger partial charge in [0.25, 0.3) is 0 Å². The van der Waals surface area contributed by atoms with Gasteiger partial charge >= 0.3 is 5.97 Å². The molecule has 2 aromatic rings. The molecule has 2 rings (SSSR count). The number of alkyl halides is 1. The average Bonchev–Trinajstić information content (AvgIpc) is 2.49. The summed E-state index contributed by atoms with van der Waals surface area (Å²) in [6.45, 7) is 0. The quantitative estimate of drug-likeness (QED) is 0.499. The van der Waals surface area contributed by atoms with Crippen LogP contribution in [0.15, 0.2) is 63.3 Å². The largest absolute Gasteiger partial charge is 0.478 e. The molecule has 0 aliphatic carbocycles. The Kier molecular flexibility index (Phi) is 5.25. The first-order chi connectivity index (χ1) is 10.1. The number of aromatic carboxylic acids is 1. The topological polar surface area (TPSA) is 75.7 Å². The van der Waals surface area contributed by atoms with Crippen LogP contribution >= 0.6 is 23.4 Å². The summed E-state index contributed by atoms with van der Waals surface area (Å²) in [5.41, 5.74) is 6.22. The number of nitrogens with two attached hydrogens (primary N) is 1. The summed E-state index contributed by atoms with van der Waals surface area (Å²) in [4.78, 5) is 17.1. The molecule has 0 atom stereocenters. The molecule has 0 aliphatic rings. The van der Waals surface area contributed by atoms with Gasteiger partial charge in [-0.25, -0.2) is 9.79 Å². The summed E-state index contributed by atoms with van der Waals surface area (Å²) in [6.07, 6.45) is 0. The van der Waals surface area contributed by atoms with Crippen molar-refractivity contribution < 1.29 is 9.90 Å². The van der Waals surface area contributed by atoms with Crippen molar-refractivity contribution in [3.8, 4) is 0 Å². The maximum absolute atomic E-state index is 11.4. The van der Waals surface area contributed by atoms with Crippen molar-refractivity contribution in [1.29, 1.82) is 0 Å². The smallest absolute Gasteiger partial charge is 0.336 e. The third-order valence-electron chi connectivity index (χ3n) is 2.57. The summed E-state index contributed by atoms with van der Waals surface area (Å²) in [5.74, 6) is -0.658. The fraction of sp³-hybridized carbons (Fsp3) is 0.0667. The van der Waals surface area contributed by atoms with E-state index in [2.05, 4.69) is 4.99 Å². The molecule has 0 bridgehead atoms. The lowest BCUT2D eigenvalue weighted by Gasteiger charge is -2.07. The van der Waals surface area contributed by atoms with E-state index in [0.29, 0.717) is 10.6 Å². The minimum atomic E-state index is -1.00. The molecule has 0 heterocycles. The lowest BCUT2D eigenvalue weighted by molar-refractivity contribution is 0.0693. The van der Waals surface area contributed by atoms with E-state index >= 15 is 0 Å². The summed E-state index contributed by atoms with van der Waals surface area (Å²) in [7, 11) is 0. The van der Waals surface area contributed by atoms with E-state index in [-0.39, 0.29) is 17.3 Å². The second kappa shape index (κ2) is 7.15. The molecule has 6 heteroatoms. The Morgan fingerprint density at radius 2 is 1.95 bits per heavy atom. The van der Waals surface area contributed by atoms with Gasteiger partial charge in [0.2, 0.25) is 0 Å². The molecular weight excluding hydrogens is 308 g/mol. The molecule has 0 amide bonds. The molecule has 108 valence electrons. The van der Waals surface area contributed by atoms with Crippen LogP contribution in [0.25, 0.3) is 0 Å². The van der Waals surface area contributed by atoms with Crippen LogP contribution in [0.2, 0.25) is 0 Å². The van der Waals surface area contributed by atoms with Crippen LogP contribution in [0.3, 0.4) is 0 Å². The Morgan fingerprint density at radius 1 is 1.24 bits per heavy atom. The van der Waals surface area contributed by atoms with Crippen LogP contribution in [0.4, 0.5) is 5.69 Å². The average molecular weight is 321 g/mol. The standard InChI is InChI=1S/C15H13ClN2O2S/c16-9-14(17)18-10-6-7-13(12(8-10)15(19)20)21-11-4-2-1-3-5-11/h1-8H,9H2,(H2,17,18)(H,19,20). The maximum atomic E-state index is 11.4. The molecule has 0 radical (unpaired) electrons. The van der Waals surface area contributed by atoms with Gasteiger partial charge in [-0.1, -0.05) is 30.0 Å². The maximum Gasteiger partial charge on any atom is 0.336 e. The van der Waals surface area contributed by atoms with Crippen LogP contribution in [-0.4, -0.2) is 22.8 Å². The van der Waals surface area contributed by atoms with Crippen LogP contribution in [0.5, 0.6) is 0 Å². The zero-order valence-electron chi connectivity index (χ0n) is 11.0. The van der Waals surface area contributed by atoms with Gasteiger partial charge in [0.05, 0.1) is 17.1 Å². The Hall–Kier alpha value is -1.98. The summed E-state index contributed by atoms with van der Waals surface area (Å²) >= 11 is 6.96. The van der Waals surface area contributed by atoms with Gasteiger partial charge in [-0.3, -0.25) is 0 Å². The van der Waals surface area contributed by atoms with E-state index in [1.165, 1.54) is 17.8 Å². The first kappa shape index (κ1) is 15.4. The number of nitrogens with zero attached hydrogens (tertiary/aromatic N) is 1. The predicted octanol–water partition coefficient (Wildman–Crippen LogP) is 3.76. The number of carbonyl (C=O) groups is 1. The zero-order valence-corrected chi connectivity index (χ0v) is 12.6. The number of halogens is 1. The van der Waals surface area contributed by atoms with Crippen molar-refractivity contribution in [2.45, 2.75) is 9.79 Å². The van der Waals surface area contributed by atoms with E-state index in [1.807, 2.05) is 30.3 Å². The number of hydrogen-bond donors (Lipinski definition) is 2. The molecule has 2 aromatic carbocycles. The Bertz CT molecular complexity index is 675. The van der Waals surface area contributed by atoms with E-state index in [0.717, 1.165) is 4.90 Å². The lowest BCUT2D eigenvalue weighted by Crippen LogP contribution is -2.12. The monoisotopic (exact) mass is 320 g/mol. The number of amidine groups is 1. The highest BCUT2D eigenvalue weighted by Crippen LogP contribution is 2.32. The SMILES string of the molecule is NC(CCl)=Nc1ccc(Sc2ccccc2)c(C(=O)O)c1. The molecule has 0 spiro atoms. The number of carboxylic acid groups (broad SMARTS) is 1. The second-order valence-corrected chi connectivity index (χ2v) is 5.52. The molecular formula is C15H13ClN2O2S. The van der Waals surface area contributed by atoms with Crippen molar-refractivity contribution in [3.63, 3.8) is 0 Å². The molecule has 0 unspecified atom stereocenters. The van der Waals surface area contributed by atoms with Gasteiger partial charge in [0, 0.05) is 9.79 Å². The number of carboxylic acids is 1. The highest BCUT2D eigenvalue weighted by molar-refractivity contribution is 7.99. The third kappa shape index (κ3) is 4.24. The normalized spacial score (nSPS) is 11.4. The van der Waals surface area contributed by atoms with Gasteiger partial charge in [0.15, 0.2) is 0 Å². The van der Waals surface area contributed by atoms with Gasteiger partial charge < -0.3 is 10.8 Å². The summed E-state index contributed by atoms with van der Waals surface area (Å²) < 4.78 is 0. The molecule has 0 saturated heterocycles. The molecule has 0 aromatic heterocycles. The highest BCUT2D eigenvalue weighted by atomic mass is 35.5. The van der Waals surface area contributed by atoms with Gasteiger partial charge in [-0.05, 0) is 30.3 Å². The molecule has 0 saturated carbocycles. The van der Waals surface area contributed by atoms with Crippen molar-refractivity contribution >= 4 is 40.9 Å². The number of rotatable bonds is 5. The van der Waals surface area contributed by atoms with Crippen molar-refractivity contribution in [3.05, 3.63) is 54.1 Å². The predicted molar refractivity (Wildman–Crippen MR) is 86.0 cm³/mol. The molecule has 4 nitrogen and oxygen atoms in total. The van der Waals surface area contributed by atoms with Crippen molar-refractivity contribution in [2.24, 2.45) is 10.7 Å². The molecule has 3 N–H and O–H groups in total. The van der Waals surface area contributed by atoms with Gasteiger partial charge in [-0.15, -0.1) is 11.6 Å². The first-order valence-electron chi connectivity index (χ1n) is 6.09. The van der Waals surface area contributed by atoms with Crippen LogP contribution < -0.4 is 5.73 Å². The number of aliphatic imine (C=N–C) groups is 1. The fourth-order valence-corrected chi connectivity index (χ4v) is 2.65. The number of hydrogen-bond acceptors (Lipinski definition) is 3. The molecule has 0 aliphatic heterocycles. The second-order valence-electron chi connectivity index (χ2n) is 4.14. The zero-order chi connectivity index (χ0) is 15.2. The Balaban J connectivity index is 2.36.